The predicted octanol–water partition coefficient (Wildman–Crippen LogP) is 0.513. The van der Waals surface area contributed by atoms with E-state index in [1.54, 1.807) is 11.9 Å². The highest BCUT2D eigenvalue weighted by molar-refractivity contribution is 5.78. The van der Waals surface area contributed by atoms with Crippen LogP contribution < -0.4 is 10.1 Å². The monoisotopic (exact) mass is 292 g/mol. The van der Waals surface area contributed by atoms with Gasteiger partial charge in [-0.05, 0) is 18.7 Å². The number of rotatable bonds is 7. The Hall–Kier alpha value is -2.08. The number of hydrogen-bond donors (Lipinski definition) is 2. The molecule has 0 bridgehead atoms. The zero-order valence-electron chi connectivity index (χ0n) is 12.0. The molecule has 1 aliphatic rings. The second-order valence-corrected chi connectivity index (χ2v) is 5.24. The molecule has 1 aliphatic heterocycles. The molecule has 0 aromatic heterocycles. The quantitative estimate of drug-likeness (QED) is 0.765. The van der Waals surface area contributed by atoms with E-state index >= 15 is 0 Å². The van der Waals surface area contributed by atoms with Crippen molar-refractivity contribution in [2.45, 2.75) is 18.9 Å². The fourth-order valence-corrected chi connectivity index (χ4v) is 2.26. The molecule has 0 saturated carbocycles. The lowest BCUT2D eigenvalue weighted by Gasteiger charge is -2.16. The van der Waals surface area contributed by atoms with Gasteiger partial charge >= 0.3 is 5.97 Å². The maximum atomic E-state index is 11.8. The molecule has 114 valence electrons. The number of carboxylic acids is 1. The number of carbonyl (C=O) groups excluding carboxylic acids is 1. The van der Waals surface area contributed by atoms with Crippen LogP contribution >= 0.6 is 0 Å². The van der Waals surface area contributed by atoms with Crippen molar-refractivity contribution in [1.29, 1.82) is 0 Å². The molecule has 1 unspecified atom stereocenters. The Bertz CT molecular complexity index is 493. The SMILES string of the molecule is CN(CCC(=O)O)CC(=O)NCC1Cc2ccccc2O1. The van der Waals surface area contributed by atoms with Gasteiger partial charge in [-0.25, -0.2) is 0 Å². The van der Waals surface area contributed by atoms with Crippen LogP contribution in [0.1, 0.15) is 12.0 Å². The van der Waals surface area contributed by atoms with E-state index in [4.69, 9.17) is 9.84 Å². The number of fused-ring (bicyclic) bond motifs is 1. The summed E-state index contributed by atoms with van der Waals surface area (Å²) in [4.78, 5) is 23.9. The zero-order valence-corrected chi connectivity index (χ0v) is 12.0. The normalized spacial score (nSPS) is 16.4. The summed E-state index contributed by atoms with van der Waals surface area (Å²) in [5.74, 6) is -0.0999. The topological polar surface area (TPSA) is 78.9 Å². The van der Waals surface area contributed by atoms with E-state index < -0.39 is 5.97 Å². The van der Waals surface area contributed by atoms with Crippen molar-refractivity contribution in [2.75, 3.05) is 26.7 Å². The number of likely N-dealkylation sites (N-methyl/N-ethyl adjacent to an activating group) is 1. The molecule has 2 rings (SSSR count). The molecular formula is C15H20N2O4. The first kappa shape index (κ1) is 15.3. The van der Waals surface area contributed by atoms with Crippen LogP contribution in [-0.2, 0) is 16.0 Å². The molecule has 1 aromatic carbocycles. The molecule has 0 aliphatic carbocycles. The second-order valence-electron chi connectivity index (χ2n) is 5.24. The third-order valence-corrected chi connectivity index (χ3v) is 3.36. The number of carbonyl (C=O) groups is 2. The largest absolute Gasteiger partial charge is 0.488 e. The van der Waals surface area contributed by atoms with Gasteiger partial charge in [0, 0.05) is 13.0 Å². The molecule has 21 heavy (non-hydrogen) atoms. The molecule has 6 heteroatoms. The van der Waals surface area contributed by atoms with E-state index in [2.05, 4.69) is 5.32 Å². The third kappa shape index (κ3) is 4.75. The van der Waals surface area contributed by atoms with Gasteiger partial charge in [-0.3, -0.25) is 14.5 Å². The minimum atomic E-state index is -0.862. The zero-order chi connectivity index (χ0) is 15.2. The Morgan fingerprint density at radius 2 is 2.19 bits per heavy atom. The Balaban J connectivity index is 1.67. The maximum absolute atomic E-state index is 11.8. The minimum Gasteiger partial charge on any atom is -0.488 e. The Kier molecular flexibility index (Phi) is 5.16. The van der Waals surface area contributed by atoms with E-state index in [-0.39, 0.29) is 25.0 Å². The summed E-state index contributed by atoms with van der Waals surface area (Å²) in [6, 6.07) is 7.85. The highest BCUT2D eigenvalue weighted by Crippen LogP contribution is 2.27. The number of carboxylic acid groups (broad SMARTS) is 1. The van der Waals surface area contributed by atoms with Gasteiger partial charge in [0.25, 0.3) is 0 Å². The van der Waals surface area contributed by atoms with Crippen molar-refractivity contribution in [3.63, 3.8) is 0 Å². The molecule has 0 fully saturated rings. The lowest BCUT2D eigenvalue weighted by molar-refractivity contribution is -0.137. The Labute approximate surface area is 123 Å². The molecule has 1 aromatic rings. The third-order valence-electron chi connectivity index (χ3n) is 3.36. The summed E-state index contributed by atoms with van der Waals surface area (Å²) < 4.78 is 5.74. The van der Waals surface area contributed by atoms with Gasteiger partial charge in [-0.2, -0.15) is 0 Å². The van der Waals surface area contributed by atoms with Gasteiger partial charge in [0.2, 0.25) is 5.91 Å². The molecule has 1 atom stereocenters. The summed E-state index contributed by atoms with van der Waals surface area (Å²) in [6.07, 6.45) is 0.798. The van der Waals surface area contributed by atoms with Crippen LogP contribution in [0, 0.1) is 0 Å². The van der Waals surface area contributed by atoms with Gasteiger partial charge in [0.05, 0.1) is 19.5 Å². The van der Waals surface area contributed by atoms with Crippen molar-refractivity contribution < 1.29 is 19.4 Å². The summed E-state index contributed by atoms with van der Waals surface area (Å²) >= 11 is 0. The average Bonchev–Trinajstić information content (AvgIpc) is 2.86. The van der Waals surface area contributed by atoms with E-state index in [0.29, 0.717) is 13.1 Å². The number of hydrogen-bond acceptors (Lipinski definition) is 4. The van der Waals surface area contributed by atoms with E-state index in [1.165, 1.54) is 0 Å². The van der Waals surface area contributed by atoms with Crippen molar-refractivity contribution in [2.24, 2.45) is 0 Å². The van der Waals surface area contributed by atoms with Gasteiger partial charge in [0.1, 0.15) is 11.9 Å². The number of nitrogens with one attached hydrogen (secondary N) is 1. The number of benzene rings is 1. The van der Waals surface area contributed by atoms with Crippen LogP contribution in [0.3, 0.4) is 0 Å². The van der Waals surface area contributed by atoms with Gasteiger partial charge in [-0.15, -0.1) is 0 Å². The van der Waals surface area contributed by atoms with Crippen molar-refractivity contribution in [3.8, 4) is 5.75 Å². The smallest absolute Gasteiger partial charge is 0.304 e. The summed E-state index contributed by atoms with van der Waals surface area (Å²) in [5.41, 5.74) is 1.16. The summed E-state index contributed by atoms with van der Waals surface area (Å²) in [5, 5.41) is 11.4. The van der Waals surface area contributed by atoms with Gasteiger partial charge in [0.15, 0.2) is 0 Å². The lowest BCUT2D eigenvalue weighted by Crippen LogP contribution is -2.40. The highest BCUT2D eigenvalue weighted by atomic mass is 16.5. The molecule has 2 N–H and O–H groups in total. The highest BCUT2D eigenvalue weighted by Gasteiger charge is 2.22. The standard InChI is InChI=1S/C15H20N2O4/c1-17(7-6-15(19)20)10-14(18)16-9-12-8-11-4-2-3-5-13(11)21-12/h2-5,12H,6-10H2,1H3,(H,16,18)(H,19,20). The van der Waals surface area contributed by atoms with Crippen LogP contribution in [0.25, 0.3) is 0 Å². The number of amides is 1. The van der Waals surface area contributed by atoms with Crippen molar-refractivity contribution in [1.82, 2.24) is 10.2 Å². The van der Waals surface area contributed by atoms with E-state index in [1.807, 2.05) is 24.3 Å². The Morgan fingerprint density at radius 1 is 1.43 bits per heavy atom. The molecule has 0 spiro atoms. The van der Waals surface area contributed by atoms with Crippen LogP contribution in [0.5, 0.6) is 5.75 Å². The maximum Gasteiger partial charge on any atom is 0.304 e. The molecule has 1 amide bonds. The van der Waals surface area contributed by atoms with Crippen LogP contribution in [-0.4, -0.2) is 54.7 Å². The van der Waals surface area contributed by atoms with Crippen LogP contribution in [0.15, 0.2) is 24.3 Å². The summed E-state index contributed by atoms with van der Waals surface area (Å²) in [6.45, 7) is 1.00. The fraction of sp³-hybridized carbons (Fsp3) is 0.467. The molecule has 0 saturated heterocycles. The molecule has 6 nitrogen and oxygen atoms in total. The molecule has 1 heterocycles. The van der Waals surface area contributed by atoms with E-state index in [0.717, 1.165) is 17.7 Å². The molecular weight excluding hydrogens is 272 g/mol. The fourth-order valence-electron chi connectivity index (χ4n) is 2.26. The number of para-hydroxylation sites is 1. The number of nitrogens with zero attached hydrogens (tertiary/aromatic N) is 1. The minimum absolute atomic E-state index is 0.0318. The van der Waals surface area contributed by atoms with Gasteiger partial charge < -0.3 is 15.2 Å². The first-order valence-electron chi connectivity index (χ1n) is 6.96. The Morgan fingerprint density at radius 3 is 2.90 bits per heavy atom. The van der Waals surface area contributed by atoms with E-state index in [9.17, 15) is 9.59 Å². The van der Waals surface area contributed by atoms with Crippen LogP contribution in [0.2, 0.25) is 0 Å². The van der Waals surface area contributed by atoms with Crippen molar-refractivity contribution in [3.05, 3.63) is 29.8 Å². The average molecular weight is 292 g/mol. The predicted molar refractivity (Wildman–Crippen MR) is 77.3 cm³/mol. The van der Waals surface area contributed by atoms with Crippen molar-refractivity contribution >= 4 is 11.9 Å². The first-order valence-corrected chi connectivity index (χ1v) is 6.96. The van der Waals surface area contributed by atoms with Crippen LogP contribution in [0.4, 0.5) is 0 Å². The summed E-state index contributed by atoms with van der Waals surface area (Å²) in [7, 11) is 1.73. The molecule has 0 radical (unpaired) electrons. The van der Waals surface area contributed by atoms with Gasteiger partial charge in [-0.1, -0.05) is 18.2 Å². The number of aliphatic carboxylic acids is 1. The second kappa shape index (κ2) is 7.08. The lowest BCUT2D eigenvalue weighted by atomic mass is 10.1. The first-order chi connectivity index (χ1) is 10.0. The number of ether oxygens (including phenoxy) is 1.